The maximum atomic E-state index is 12.1. The summed E-state index contributed by atoms with van der Waals surface area (Å²) < 4.78 is 10.8. The van der Waals surface area contributed by atoms with Crippen LogP contribution in [0, 0.1) is 0 Å². The molecule has 122 valence electrons. The van der Waals surface area contributed by atoms with E-state index in [9.17, 15) is 4.79 Å². The van der Waals surface area contributed by atoms with Crippen LogP contribution < -0.4 is 5.32 Å². The Morgan fingerprint density at radius 2 is 2.24 bits per heavy atom. The number of hydrogen-bond acceptors (Lipinski definition) is 5. The van der Waals surface area contributed by atoms with Crippen LogP contribution in [0.5, 0.6) is 0 Å². The van der Waals surface area contributed by atoms with Crippen LogP contribution in [0.2, 0.25) is 0 Å². The minimum atomic E-state index is -0.616. The molecule has 0 aromatic heterocycles. The molecule has 2 fully saturated rings. The summed E-state index contributed by atoms with van der Waals surface area (Å²) in [6, 6.07) is 0.790. The molecule has 5 nitrogen and oxygen atoms in total. The molecule has 5 heteroatoms. The molecule has 1 saturated heterocycles. The summed E-state index contributed by atoms with van der Waals surface area (Å²) >= 11 is 0. The molecule has 0 aromatic carbocycles. The number of methoxy groups -OCH3 is 1. The highest BCUT2D eigenvalue weighted by atomic mass is 16.5. The Morgan fingerprint density at radius 3 is 2.90 bits per heavy atom. The average molecular weight is 298 g/mol. The third kappa shape index (κ3) is 3.96. The summed E-state index contributed by atoms with van der Waals surface area (Å²) in [7, 11) is 1.46. The molecule has 1 saturated carbocycles. The lowest BCUT2D eigenvalue weighted by atomic mass is 9.95. The highest BCUT2D eigenvalue weighted by Crippen LogP contribution is 2.30. The smallest absolute Gasteiger partial charge is 0.325 e. The predicted octanol–water partition coefficient (Wildman–Crippen LogP) is 1.56. The van der Waals surface area contributed by atoms with Crippen molar-refractivity contribution in [2.45, 2.75) is 70.2 Å². The molecule has 1 aliphatic carbocycles. The number of rotatable bonds is 6. The van der Waals surface area contributed by atoms with Gasteiger partial charge >= 0.3 is 5.97 Å². The number of hydrogen-bond donors (Lipinski definition) is 1. The van der Waals surface area contributed by atoms with Crippen molar-refractivity contribution in [3.8, 4) is 0 Å². The largest absolute Gasteiger partial charge is 0.468 e. The monoisotopic (exact) mass is 298 g/mol. The lowest BCUT2D eigenvalue weighted by Gasteiger charge is -2.40. The van der Waals surface area contributed by atoms with E-state index < -0.39 is 5.54 Å². The van der Waals surface area contributed by atoms with Gasteiger partial charge in [0.1, 0.15) is 5.54 Å². The maximum absolute atomic E-state index is 12.1. The molecule has 1 N–H and O–H groups in total. The number of nitrogens with one attached hydrogen (secondary N) is 1. The molecule has 3 unspecified atom stereocenters. The minimum absolute atomic E-state index is 0.174. The van der Waals surface area contributed by atoms with E-state index in [4.69, 9.17) is 9.47 Å². The molecular formula is C16H30N2O3. The first kappa shape index (κ1) is 16.7. The average Bonchev–Trinajstić information content (AvgIpc) is 2.92. The Bertz CT molecular complexity index is 361. The van der Waals surface area contributed by atoms with E-state index in [0.29, 0.717) is 12.1 Å². The van der Waals surface area contributed by atoms with Crippen LogP contribution in [0.25, 0.3) is 0 Å². The Labute approximate surface area is 128 Å². The van der Waals surface area contributed by atoms with Gasteiger partial charge in [0.2, 0.25) is 0 Å². The molecule has 1 heterocycles. The highest BCUT2D eigenvalue weighted by Gasteiger charge is 2.39. The number of fused-ring (bicyclic) bond motifs is 1. The third-order valence-corrected chi connectivity index (χ3v) is 4.74. The Kier molecular flexibility index (Phi) is 5.63. The zero-order chi connectivity index (χ0) is 15.5. The fraction of sp³-hybridized carbons (Fsp3) is 0.938. The fourth-order valence-electron chi connectivity index (χ4n) is 3.75. The Balaban J connectivity index is 1.95. The maximum Gasteiger partial charge on any atom is 0.325 e. The van der Waals surface area contributed by atoms with Gasteiger partial charge in [-0.3, -0.25) is 15.0 Å². The molecule has 2 aliphatic rings. The number of carbonyl (C=O) groups is 1. The van der Waals surface area contributed by atoms with Crippen LogP contribution in [-0.4, -0.2) is 61.4 Å². The summed E-state index contributed by atoms with van der Waals surface area (Å²) in [4.78, 5) is 14.6. The van der Waals surface area contributed by atoms with Gasteiger partial charge < -0.3 is 9.47 Å². The molecule has 1 aliphatic heterocycles. The van der Waals surface area contributed by atoms with E-state index in [2.05, 4.69) is 24.1 Å². The van der Waals surface area contributed by atoms with Gasteiger partial charge in [0.25, 0.3) is 0 Å². The van der Waals surface area contributed by atoms with Crippen molar-refractivity contribution in [2.24, 2.45) is 0 Å². The van der Waals surface area contributed by atoms with E-state index in [1.807, 2.05) is 6.92 Å². The van der Waals surface area contributed by atoms with Gasteiger partial charge in [0, 0.05) is 25.2 Å². The molecule has 2 rings (SSSR count). The van der Waals surface area contributed by atoms with E-state index in [1.54, 1.807) is 0 Å². The van der Waals surface area contributed by atoms with E-state index in [1.165, 1.54) is 26.4 Å². The van der Waals surface area contributed by atoms with Crippen LogP contribution in [0.1, 0.15) is 46.5 Å². The van der Waals surface area contributed by atoms with Crippen LogP contribution in [0.4, 0.5) is 0 Å². The second kappa shape index (κ2) is 7.07. The number of carbonyl (C=O) groups excluding carboxylic acids is 1. The second-order valence-electron chi connectivity index (χ2n) is 6.82. The quantitative estimate of drug-likeness (QED) is 0.754. The minimum Gasteiger partial charge on any atom is -0.468 e. The first-order chi connectivity index (χ1) is 9.96. The fourth-order valence-corrected chi connectivity index (χ4v) is 3.75. The zero-order valence-corrected chi connectivity index (χ0v) is 13.9. The van der Waals surface area contributed by atoms with Crippen LogP contribution in [0.15, 0.2) is 0 Å². The number of esters is 1. The normalized spacial score (nSPS) is 29.2. The summed E-state index contributed by atoms with van der Waals surface area (Å²) in [6.45, 7) is 8.76. The van der Waals surface area contributed by atoms with Crippen LogP contribution in [0.3, 0.4) is 0 Å². The Morgan fingerprint density at radius 1 is 1.48 bits per heavy atom. The first-order valence-electron chi connectivity index (χ1n) is 8.18. The Hall–Kier alpha value is -0.650. The van der Waals surface area contributed by atoms with Gasteiger partial charge in [-0.15, -0.1) is 0 Å². The van der Waals surface area contributed by atoms with Gasteiger partial charge in [-0.25, -0.2) is 0 Å². The lowest BCUT2D eigenvalue weighted by molar-refractivity contribution is -0.149. The van der Waals surface area contributed by atoms with E-state index in [-0.39, 0.29) is 12.0 Å². The standard InChI is InChI=1S/C16H30N2O3/c1-12(2)17-16(3,15(19)20-4)8-9-18-10-11-21-14-7-5-6-13(14)18/h12-14,17H,5-11H2,1-4H3. The van der Waals surface area contributed by atoms with E-state index in [0.717, 1.165) is 26.1 Å². The molecule has 21 heavy (non-hydrogen) atoms. The summed E-state index contributed by atoms with van der Waals surface area (Å²) in [5.74, 6) is -0.174. The summed E-state index contributed by atoms with van der Waals surface area (Å²) in [5.41, 5.74) is -0.616. The van der Waals surface area contributed by atoms with Gasteiger partial charge in [-0.1, -0.05) is 0 Å². The highest BCUT2D eigenvalue weighted by molar-refractivity contribution is 5.80. The van der Waals surface area contributed by atoms with Gasteiger partial charge in [-0.2, -0.15) is 0 Å². The molecule has 0 radical (unpaired) electrons. The SMILES string of the molecule is COC(=O)C(C)(CCN1CCOC2CCCC21)NC(C)C. The third-order valence-electron chi connectivity index (χ3n) is 4.74. The van der Waals surface area contributed by atoms with Crippen molar-refractivity contribution in [2.75, 3.05) is 26.8 Å². The molecule has 0 aromatic rings. The van der Waals surface area contributed by atoms with Crippen molar-refractivity contribution in [3.63, 3.8) is 0 Å². The van der Waals surface area contributed by atoms with Crippen molar-refractivity contribution >= 4 is 5.97 Å². The molecule has 3 atom stereocenters. The van der Waals surface area contributed by atoms with Crippen molar-refractivity contribution in [1.82, 2.24) is 10.2 Å². The summed E-state index contributed by atoms with van der Waals surface area (Å²) in [6.07, 6.45) is 4.82. The summed E-state index contributed by atoms with van der Waals surface area (Å²) in [5, 5.41) is 3.37. The van der Waals surface area contributed by atoms with Crippen molar-refractivity contribution < 1.29 is 14.3 Å². The predicted molar refractivity (Wildman–Crippen MR) is 82.3 cm³/mol. The number of nitrogens with zero attached hydrogens (tertiary/aromatic N) is 1. The molecule has 0 amide bonds. The topological polar surface area (TPSA) is 50.8 Å². The molecular weight excluding hydrogens is 268 g/mol. The van der Waals surface area contributed by atoms with Crippen LogP contribution >= 0.6 is 0 Å². The zero-order valence-electron chi connectivity index (χ0n) is 13.9. The van der Waals surface area contributed by atoms with Crippen LogP contribution in [-0.2, 0) is 14.3 Å². The second-order valence-corrected chi connectivity index (χ2v) is 6.82. The molecule has 0 spiro atoms. The van der Waals surface area contributed by atoms with Gasteiger partial charge in [0.15, 0.2) is 0 Å². The van der Waals surface area contributed by atoms with Crippen molar-refractivity contribution in [3.05, 3.63) is 0 Å². The molecule has 0 bridgehead atoms. The first-order valence-corrected chi connectivity index (χ1v) is 8.18. The number of morpholine rings is 1. The van der Waals surface area contributed by atoms with Gasteiger partial charge in [-0.05, 0) is 46.5 Å². The number of ether oxygens (including phenoxy) is 2. The van der Waals surface area contributed by atoms with E-state index >= 15 is 0 Å². The van der Waals surface area contributed by atoms with Crippen molar-refractivity contribution in [1.29, 1.82) is 0 Å². The van der Waals surface area contributed by atoms with Gasteiger partial charge in [0.05, 0.1) is 19.8 Å². The lowest BCUT2D eigenvalue weighted by Crippen LogP contribution is -2.56.